The number of hydrogen-bond donors (Lipinski definition) is 0. The van der Waals surface area contributed by atoms with Crippen molar-refractivity contribution in [3.63, 3.8) is 0 Å². The Kier molecular flexibility index (Phi) is 4.16. The van der Waals surface area contributed by atoms with Crippen LogP contribution in [0.2, 0.25) is 0 Å². The lowest BCUT2D eigenvalue weighted by atomic mass is 9.57. The van der Waals surface area contributed by atoms with Crippen molar-refractivity contribution in [1.29, 1.82) is 0 Å². The number of para-hydroxylation sites is 1. The molecule has 2 aliphatic heterocycles. The topological polar surface area (TPSA) is 49.8 Å². The molecule has 0 radical (unpaired) electrons. The first kappa shape index (κ1) is 19.9. The number of methoxy groups -OCH3 is 1. The predicted octanol–water partition coefficient (Wildman–Crippen LogP) is 5.93. The summed E-state index contributed by atoms with van der Waals surface area (Å²) in [5.74, 6) is -0.221. The highest BCUT2D eigenvalue weighted by atomic mass is 32.1. The van der Waals surface area contributed by atoms with E-state index in [0.717, 1.165) is 32.1 Å². The maximum atomic E-state index is 6.35. The summed E-state index contributed by atoms with van der Waals surface area (Å²) in [4.78, 5) is 16.5. The Morgan fingerprint density at radius 2 is 1.83 bits per heavy atom. The van der Waals surface area contributed by atoms with E-state index in [2.05, 4.69) is 40.7 Å². The molecule has 2 saturated heterocycles. The molecule has 2 aromatic carbocycles. The Balaban J connectivity index is 1.63. The first-order chi connectivity index (χ1) is 14.2. The average molecular weight is 426 g/mol. The average Bonchev–Trinajstić information content (AvgIpc) is 3.16. The van der Waals surface area contributed by atoms with E-state index in [0.29, 0.717) is 6.61 Å². The number of rotatable bonds is 3. The van der Waals surface area contributed by atoms with Crippen LogP contribution in [0.3, 0.4) is 0 Å². The predicted molar refractivity (Wildman–Crippen MR) is 117 cm³/mol. The van der Waals surface area contributed by atoms with E-state index in [4.69, 9.17) is 24.2 Å². The molecule has 5 nitrogen and oxygen atoms in total. The van der Waals surface area contributed by atoms with E-state index in [1.54, 1.807) is 18.4 Å². The zero-order valence-corrected chi connectivity index (χ0v) is 19.1. The zero-order valence-electron chi connectivity index (χ0n) is 18.2. The third kappa shape index (κ3) is 2.36. The molecule has 0 aliphatic carbocycles. The van der Waals surface area contributed by atoms with Crippen LogP contribution >= 0.6 is 11.3 Å². The van der Waals surface area contributed by atoms with Gasteiger partial charge in [0.2, 0.25) is 0 Å². The zero-order chi connectivity index (χ0) is 21.4. The van der Waals surface area contributed by atoms with E-state index in [1.807, 2.05) is 36.4 Å². The fourth-order valence-electron chi connectivity index (χ4n) is 5.30. The van der Waals surface area contributed by atoms with Crippen LogP contribution in [0.15, 0.2) is 42.5 Å². The van der Waals surface area contributed by atoms with Crippen molar-refractivity contribution in [3.05, 3.63) is 48.0 Å². The van der Waals surface area contributed by atoms with Crippen molar-refractivity contribution in [2.24, 2.45) is 10.8 Å². The minimum atomic E-state index is -0.964. The number of aromatic nitrogens is 1. The highest BCUT2D eigenvalue weighted by molar-refractivity contribution is 7.21. The van der Waals surface area contributed by atoms with Crippen molar-refractivity contribution in [2.45, 2.75) is 46.0 Å². The lowest BCUT2D eigenvalue weighted by Crippen LogP contribution is -2.73. The highest BCUT2D eigenvalue weighted by Gasteiger charge is 2.81. The number of nitrogens with zero attached hydrogens (tertiary/aromatic N) is 1. The normalized spacial score (nSPS) is 27.7. The maximum absolute atomic E-state index is 6.35. The lowest BCUT2D eigenvalue weighted by molar-refractivity contribution is -0.626. The summed E-state index contributed by atoms with van der Waals surface area (Å²) >= 11 is 1.66. The molecule has 2 fully saturated rings. The van der Waals surface area contributed by atoms with Gasteiger partial charge < -0.3 is 9.47 Å². The van der Waals surface area contributed by atoms with Gasteiger partial charge in [-0.2, -0.15) is 4.89 Å². The highest BCUT2D eigenvalue weighted by Crippen LogP contribution is 2.69. The fraction of sp³-hybridized carbons (Fsp3) is 0.458. The van der Waals surface area contributed by atoms with Crippen LogP contribution in [-0.2, 0) is 20.3 Å². The Hall–Kier alpha value is -1.99. The molecule has 0 N–H and O–H groups in total. The van der Waals surface area contributed by atoms with Gasteiger partial charge in [-0.3, -0.25) is 0 Å². The second-order valence-electron chi connectivity index (χ2n) is 9.79. The van der Waals surface area contributed by atoms with Crippen LogP contribution in [-0.4, -0.2) is 24.3 Å². The van der Waals surface area contributed by atoms with Crippen molar-refractivity contribution >= 4 is 21.6 Å². The summed E-state index contributed by atoms with van der Waals surface area (Å²) in [7, 11) is 1.68. The van der Waals surface area contributed by atoms with Gasteiger partial charge >= 0.3 is 0 Å². The Bertz CT molecular complexity index is 1100. The van der Waals surface area contributed by atoms with E-state index >= 15 is 0 Å². The summed E-state index contributed by atoms with van der Waals surface area (Å²) in [5, 5.41) is 0.928. The van der Waals surface area contributed by atoms with Crippen LogP contribution in [0.5, 0.6) is 5.75 Å². The molecule has 3 heterocycles. The SMILES string of the molecule is COc1cc(C23OCC(C)(C)C2(C(C)(C)C)OO3)ccc1-c1nc2ccccc2s1. The number of fused-ring (bicyclic) bond motifs is 2. The minimum absolute atomic E-state index is 0.204. The molecule has 3 aromatic rings. The Morgan fingerprint density at radius 1 is 1.07 bits per heavy atom. The molecular weight excluding hydrogens is 398 g/mol. The second-order valence-corrected chi connectivity index (χ2v) is 10.8. The molecule has 2 atom stereocenters. The molecule has 30 heavy (non-hydrogen) atoms. The van der Waals surface area contributed by atoms with Crippen molar-refractivity contribution in [1.82, 2.24) is 4.98 Å². The summed E-state index contributed by atoms with van der Waals surface area (Å²) in [6, 6.07) is 14.3. The third-order valence-electron chi connectivity index (χ3n) is 6.50. The van der Waals surface area contributed by atoms with E-state index in [-0.39, 0.29) is 10.8 Å². The van der Waals surface area contributed by atoms with Gasteiger partial charge in [0.15, 0.2) is 5.60 Å². The summed E-state index contributed by atoms with van der Waals surface area (Å²) in [6.45, 7) is 11.4. The maximum Gasteiger partial charge on any atom is 0.261 e. The van der Waals surface area contributed by atoms with E-state index in [9.17, 15) is 0 Å². The Morgan fingerprint density at radius 3 is 2.47 bits per heavy atom. The van der Waals surface area contributed by atoms with Crippen LogP contribution in [0.1, 0.15) is 40.2 Å². The fourth-order valence-corrected chi connectivity index (χ4v) is 6.29. The van der Waals surface area contributed by atoms with Crippen LogP contribution in [0.25, 0.3) is 20.8 Å². The van der Waals surface area contributed by atoms with Gasteiger partial charge in [0.25, 0.3) is 5.79 Å². The number of benzene rings is 2. The number of ether oxygens (including phenoxy) is 2. The first-order valence-electron chi connectivity index (χ1n) is 10.2. The molecule has 6 heteroatoms. The summed E-state index contributed by atoms with van der Waals surface area (Å²) in [5.41, 5.74) is 1.81. The molecule has 0 amide bonds. The molecule has 0 bridgehead atoms. The van der Waals surface area contributed by atoms with Gasteiger partial charge in [0.05, 0.1) is 29.5 Å². The molecule has 2 aliphatic rings. The van der Waals surface area contributed by atoms with Gasteiger partial charge in [-0.1, -0.05) is 52.8 Å². The van der Waals surface area contributed by atoms with Gasteiger partial charge in [-0.15, -0.1) is 11.3 Å². The van der Waals surface area contributed by atoms with Gasteiger partial charge in [-0.05, 0) is 24.3 Å². The standard InChI is InChI=1S/C24H27NO4S/c1-21(2,3)24-22(4,5)14-27-23(24,28-29-24)15-11-12-16(18(13-15)26-6)20-25-17-9-7-8-10-19(17)30-20/h7-13H,14H2,1-6H3. The number of hydrogen-bond acceptors (Lipinski definition) is 6. The quantitative estimate of drug-likeness (QED) is 0.487. The summed E-state index contributed by atoms with van der Waals surface area (Å²) < 4.78 is 13.3. The van der Waals surface area contributed by atoms with Crippen LogP contribution in [0, 0.1) is 10.8 Å². The monoisotopic (exact) mass is 425 g/mol. The van der Waals surface area contributed by atoms with E-state index in [1.165, 1.54) is 0 Å². The van der Waals surface area contributed by atoms with Crippen molar-refractivity contribution in [2.75, 3.05) is 13.7 Å². The van der Waals surface area contributed by atoms with Gasteiger partial charge in [0, 0.05) is 16.4 Å². The minimum Gasteiger partial charge on any atom is -0.496 e. The molecule has 0 spiro atoms. The number of thiazole rings is 1. The summed E-state index contributed by atoms with van der Waals surface area (Å²) in [6.07, 6.45) is 0. The molecule has 5 rings (SSSR count). The Labute approximate surface area is 180 Å². The molecule has 1 aromatic heterocycles. The van der Waals surface area contributed by atoms with Gasteiger partial charge in [-0.25, -0.2) is 9.87 Å². The molecular formula is C24H27NO4S. The molecule has 2 unspecified atom stereocenters. The first-order valence-corrected chi connectivity index (χ1v) is 11.0. The third-order valence-corrected chi connectivity index (χ3v) is 7.57. The van der Waals surface area contributed by atoms with Gasteiger partial charge in [0.1, 0.15) is 10.8 Å². The second kappa shape index (κ2) is 6.26. The molecule has 0 saturated carbocycles. The van der Waals surface area contributed by atoms with Crippen molar-refractivity contribution < 1.29 is 19.2 Å². The van der Waals surface area contributed by atoms with Crippen LogP contribution in [0.4, 0.5) is 0 Å². The van der Waals surface area contributed by atoms with Crippen molar-refractivity contribution in [3.8, 4) is 16.3 Å². The largest absolute Gasteiger partial charge is 0.496 e. The van der Waals surface area contributed by atoms with E-state index < -0.39 is 11.4 Å². The van der Waals surface area contributed by atoms with Crippen LogP contribution < -0.4 is 4.74 Å². The lowest BCUT2D eigenvalue weighted by Gasteiger charge is -2.61. The molecule has 158 valence electrons. The smallest absolute Gasteiger partial charge is 0.261 e.